The van der Waals surface area contributed by atoms with Gasteiger partial charge in [-0.3, -0.25) is 0 Å². The van der Waals surface area contributed by atoms with Gasteiger partial charge >= 0.3 is 5.82 Å². The molecular formula is C23H21N2O3+. The van der Waals surface area contributed by atoms with E-state index in [0.717, 1.165) is 33.3 Å². The van der Waals surface area contributed by atoms with E-state index in [4.69, 9.17) is 18.9 Å². The number of nitrogens with one attached hydrogen (secondary N) is 1. The second-order valence-electron chi connectivity index (χ2n) is 6.42. The number of aromatic amines is 1. The normalized spacial score (nSPS) is 11.6. The number of ether oxygens (including phenoxy) is 2. The van der Waals surface area contributed by atoms with Crippen LogP contribution in [-0.2, 0) is 0 Å². The highest BCUT2D eigenvalue weighted by atomic mass is 16.5. The Morgan fingerprint density at radius 2 is 1.75 bits per heavy atom. The third-order valence-corrected chi connectivity index (χ3v) is 4.50. The quantitative estimate of drug-likeness (QED) is 0.530. The molecule has 0 amide bonds. The summed E-state index contributed by atoms with van der Waals surface area (Å²) in [6, 6.07) is 19.6. The highest BCUT2D eigenvalue weighted by Crippen LogP contribution is 2.32. The Kier molecular flexibility index (Phi) is 4.81. The summed E-state index contributed by atoms with van der Waals surface area (Å²) in [7, 11) is 3.24. The minimum atomic E-state index is 0.647. The fraction of sp³-hybridized carbons (Fsp3) is 0.130. The minimum Gasteiger partial charge on any atom is -0.493 e. The van der Waals surface area contributed by atoms with Crippen molar-refractivity contribution in [2.75, 3.05) is 14.2 Å². The molecule has 2 aromatic carbocycles. The van der Waals surface area contributed by atoms with Gasteiger partial charge in [-0.15, -0.1) is 0 Å². The maximum atomic E-state index is 6.19. The Morgan fingerprint density at radius 1 is 0.893 bits per heavy atom. The Balaban J connectivity index is 1.96. The largest absolute Gasteiger partial charge is 0.493 e. The van der Waals surface area contributed by atoms with E-state index in [2.05, 4.69) is 18.0 Å². The number of nitrogens with zero attached hydrogens (tertiary/aromatic N) is 1. The number of H-pyrrole nitrogens is 1. The monoisotopic (exact) mass is 373 g/mol. The molecule has 5 heteroatoms. The van der Waals surface area contributed by atoms with Gasteiger partial charge in [0.25, 0.3) is 0 Å². The van der Waals surface area contributed by atoms with Gasteiger partial charge in [0.2, 0.25) is 0 Å². The molecule has 0 fully saturated rings. The minimum absolute atomic E-state index is 0.647. The molecule has 5 nitrogen and oxygen atoms in total. The number of rotatable bonds is 4. The van der Waals surface area contributed by atoms with Crippen molar-refractivity contribution < 1.29 is 18.9 Å². The van der Waals surface area contributed by atoms with Crippen LogP contribution >= 0.6 is 0 Å². The summed E-state index contributed by atoms with van der Waals surface area (Å²) in [6.45, 7) is 2.06. The molecule has 0 aliphatic carbocycles. The molecule has 4 rings (SSSR count). The highest BCUT2D eigenvalue weighted by molar-refractivity contribution is 5.79. The summed E-state index contributed by atoms with van der Waals surface area (Å²) in [4.78, 5) is 7.96. The van der Waals surface area contributed by atoms with E-state index < -0.39 is 0 Å². The average molecular weight is 373 g/mol. The molecule has 0 unspecified atom stereocenters. The van der Waals surface area contributed by atoms with Gasteiger partial charge in [0.1, 0.15) is 11.3 Å². The SMILES string of the molecule is COc1ccc(-c2cc(=Nc3cccc[nH+]3)c3cc(C)ccc3o2)cc1OC. The number of pyridine rings is 1. The maximum Gasteiger partial charge on any atom is 0.321 e. The topological polar surface area (TPSA) is 58.1 Å². The number of hydrogen-bond acceptors (Lipinski definition) is 4. The van der Waals surface area contributed by atoms with E-state index in [9.17, 15) is 0 Å². The van der Waals surface area contributed by atoms with Gasteiger partial charge in [-0.1, -0.05) is 17.7 Å². The lowest BCUT2D eigenvalue weighted by atomic mass is 10.1. The van der Waals surface area contributed by atoms with E-state index in [1.54, 1.807) is 14.2 Å². The van der Waals surface area contributed by atoms with Gasteiger partial charge in [0.15, 0.2) is 16.9 Å². The number of hydrogen-bond donors (Lipinski definition) is 0. The third-order valence-electron chi connectivity index (χ3n) is 4.50. The van der Waals surface area contributed by atoms with Gasteiger partial charge < -0.3 is 13.9 Å². The predicted molar refractivity (Wildman–Crippen MR) is 108 cm³/mol. The van der Waals surface area contributed by atoms with Gasteiger partial charge in [0.05, 0.1) is 25.8 Å². The molecule has 140 valence electrons. The molecule has 0 radical (unpaired) electrons. The summed E-state index contributed by atoms with van der Waals surface area (Å²) >= 11 is 0. The fourth-order valence-corrected chi connectivity index (χ4v) is 3.09. The second-order valence-corrected chi connectivity index (χ2v) is 6.42. The zero-order valence-electron chi connectivity index (χ0n) is 16.0. The summed E-state index contributed by atoms with van der Waals surface area (Å²) in [5, 5.41) is 1.79. The fourth-order valence-electron chi connectivity index (χ4n) is 3.09. The summed E-state index contributed by atoms with van der Waals surface area (Å²) in [5.41, 5.74) is 2.80. The molecule has 1 N–H and O–H groups in total. The first-order valence-corrected chi connectivity index (χ1v) is 8.96. The standard InChI is InChI=1S/C23H20N2O3/c1-15-7-9-19-17(12-15)18(25-23-6-4-5-11-24-23)14-21(28-19)16-8-10-20(26-2)22(13-16)27-3/h4-14H,1-3H3/p+1. The first kappa shape index (κ1) is 17.8. The molecule has 0 aliphatic heterocycles. The Bertz CT molecular complexity index is 1200. The Hall–Kier alpha value is -3.60. The second kappa shape index (κ2) is 7.56. The van der Waals surface area contributed by atoms with E-state index in [1.165, 1.54) is 0 Å². The van der Waals surface area contributed by atoms with Crippen LogP contribution in [0, 0.1) is 6.92 Å². The van der Waals surface area contributed by atoms with E-state index >= 15 is 0 Å². The van der Waals surface area contributed by atoms with Gasteiger partial charge in [-0.05, 0) is 48.3 Å². The molecule has 2 aromatic heterocycles. The molecular weight excluding hydrogens is 352 g/mol. The van der Waals surface area contributed by atoms with Gasteiger partial charge in [-0.25, -0.2) is 4.98 Å². The van der Waals surface area contributed by atoms with Crippen molar-refractivity contribution in [3.63, 3.8) is 0 Å². The number of benzene rings is 2. The lowest BCUT2D eigenvalue weighted by molar-refractivity contribution is -0.362. The van der Waals surface area contributed by atoms with Crippen LogP contribution in [0.1, 0.15) is 5.56 Å². The maximum absolute atomic E-state index is 6.19. The van der Waals surface area contributed by atoms with Gasteiger partial charge in [0, 0.05) is 17.7 Å². The van der Waals surface area contributed by atoms with Gasteiger partial charge in [-0.2, -0.15) is 0 Å². The molecule has 0 saturated heterocycles. The highest BCUT2D eigenvalue weighted by Gasteiger charge is 2.12. The van der Waals surface area contributed by atoms with Crippen molar-refractivity contribution in [3.8, 4) is 22.8 Å². The number of methoxy groups -OCH3 is 2. The van der Waals surface area contributed by atoms with Crippen LogP contribution < -0.4 is 19.8 Å². The number of aromatic nitrogens is 1. The smallest absolute Gasteiger partial charge is 0.321 e. The van der Waals surface area contributed by atoms with Crippen molar-refractivity contribution in [2.24, 2.45) is 4.99 Å². The summed E-state index contributed by atoms with van der Waals surface area (Å²) in [6.07, 6.45) is 1.86. The van der Waals surface area contributed by atoms with E-state index in [1.807, 2.05) is 60.8 Å². The summed E-state index contributed by atoms with van der Waals surface area (Å²) < 4.78 is 17.0. The molecule has 0 saturated carbocycles. The molecule has 0 bridgehead atoms. The lowest BCUT2D eigenvalue weighted by Gasteiger charge is -2.09. The Labute approximate surface area is 162 Å². The van der Waals surface area contributed by atoms with Crippen molar-refractivity contribution in [3.05, 3.63) is 77.8 Å². The molecule has 4 aromatic rings. The van der Waals surface area contributed by atoms with Crippen LogP contribution in [0.5, 0.6) is 11.5 Å². The Morgan fingerprint density at radius 3 is 2.50 bits per heavy atom. The molecule has 28 heavy (non-hydrogen) atoms. The third kappa shape index (κ3) is 3.47. The van der Waals surface area contributed by atoms with Crippen LogP contribution in [0.4, 0.5) is 5.82 Å². The van der Waals surface area contributed by atoms with E-state index in [-0.39, 0.29) is 0 Å². The van der Waals surface area contributed by atoms with Crippen molar-refractivity contribution in [2.45, 2.75) is 6.92 Å². The number of fused-ring (bicyclic) bond motifs is 1. The first-order chi connectivity index (χ1) is 13.7. The molecule has 0 atom stereocenters. The predicted octanol–water partition coefficient (Wildman–Crippen LogP) is 4.47. The van der Waals surface area contributed by atoms with Crippen molar-refractivity contribution in [1.82, 2.24) is 0 Å². The van der Waals surface area contributed by atoms with Crippen molar-refractivity contribution in [1.29, 1.82) is 0 Å². The van der Waals surface area contributed by atoms with Crippen LogP contribution in [0.2, 0.25) is 0 Å². The van der Waals surface area contributed by atoms with Crippen molar-refractivity contribution >= 4 is 16.8 Å². The van der Waals surface area contributed by atoms with Crippen LogP contribution in [0.25, 0.3) is 22.3 Å². The van der Waals surface area contributed by atoms with E-state index in [0.29, 0.717) is 17.3 Å². The molecule has 0 spiro atoms. The summed E-state index contributed by atoms with van der Waals surface area (Å²) in [5.74, 6) is 2.79. The zero-order chi connectivity index (χ0) is 19.5. The molecule has 2 heterocycles. The average Bonchev–Trinajstić information content (AvgIpc) is 2.74. The lowest BCUT2D eigenvalue weighted by Crippen LogP contribution is -2.07. The molecule has 0 aliphatic rings. The van der Waals surface area contributed by atoms with Crippen LogP contribution in [0.15, 0.2) is 76.3 Å². The first-order valence-electron chi connectivity index (χ1n) is 8.96. The van der Waals surface area contributed by atoms with Crippen LogP contribution in [-0.4, -0.2) is 14.2 Å². The van der Waals surface area contributed by atoms with Crippen LogP contribution in [0.3, 0.4) is 0 Å². The zero-order valence-corrected chi connectivity index (χ0v) is 16.0. The number of aryl methyl sites for hydroxylation is 1.